The number of carbonyl (C=O) groups is 2. The second-order valence-corrected chi connectivity index (χ2v) is 31.2. The van der Waals surface area contributed by atoms with Crippen molar-refractivity contribution in [3.8, 4) is 0 Å². The highest BCUT2D eigenvalue weighted by Crippen LogP contribution is 2.43. The summed E-state index contributed by atoms with van der Waals surface area (Å²) in [5.41, 5.74) is 5.42. The lowest BCUT2D eigenvalue weighted by Gasteiger charge is -2.19. The number of phosphoric ester groups is 1. The van der Waals surface area contributed by atoms with Gasteiger partial charge in [-0.1, -0.05) is 434 Å². The number of phosphoric acid groups is 1. The quantitative estimate of drug-likeness (QED) is 0.0264. The molecule has 0 rings (SSSR count). The number of esters is 2. The van der Waals surface area contributed by atoms with E-state index in [9.17, 15) is 19.0 Å². The smallest absolute Gasteiger partial charge is 0.462 e. The van der Waals surface area contributed by atoms with E-state index in [-0.39, 0.29) is 38.6 Å². The summed E-state index contributed by atoms with van der Waals surface area (Å²) >= 11 is 0. The van der Waals surface area contributed by atoms with Crippen LogP contribution in [-0.4, -0.2) is 49.3 Å². The molecule has 0 fully saturated rings. The molecule has 2 unspecified atom stereocenters. The Morgan fingerprint density at radius 1 is 0.313 bits per heavy atom. The van der Waals surface area contributed by atoms with Crippen molar-refractivity contribution < 1.29 is 37.6 Å². The van der Waals surface area contributed by atoms with Gasteiger partial charge in [0.25, 0.3) is 0 Å². The van der Waals surface area contributed by atoms with Crippen LogP contribution in [0.15, 0.2) is 60.8 Å². The SMILES string of the molecule is CC/C=C\C/C=C\C/C=C\C/C=C\CCCCCCCCCCCCCCCCCCCCCCCCCCCCCCC(=O)OC(COC(=O)CCCCCCCCCCCCCCCCCCCCCCCCCCC/C=C\CCCCCCCCCC)COP(=O)(O)OCCN. The molecule has 0 aromatic rings. The molecule has 0 aliphatic carbocycles. The van der Waals surface area contributed by atoms with Gasteiger partial charge in [0.1, 0.15) is 6.61 Å². The lowest BCUT2D eigenvalue weighted by molar-refractivity contribution is -0.161. The maximum atomic E-state index is 12.8. The zero-order chi connectivity index (χ0) is 71.5. The van der Waals surface area contributed by atoms with Gasteiger partial charge in [-0.2, -0.15) is 0 Å². The molecule has 0 bridgehead atoms. The van der Waals surface area contributed by atoms with Crippen LogP contribution >= 0.6 is 7.82 Å². The number of hydrogen-bond donors (Lipinski definition) is 2. The van der Waals surface area contributed by atoms with E-state index in [1.807, 2.05) is 0 Å². The van der Waals surface area contributed by atoms with Crippen molar-refractivity contribution in [2.24, 2.45) is 5.73 Å². The van der Waals surface area contributed by atoms with Gasteiger partial charge in [-0.25, -0.2) is 4.57 Å². The fourth-order valence-corrected chi connectivity index (χ4v) is 14.2. The number of rotatable bonds is 84. The molecule has 9 nitrogen and oxygen atoms in total. The molecule has 0 aliphatic heterocycles. The molecule has 99 heavy (non-hydrogen) atoms. The first-order valence-electron chi connectivity index (χ1n) is 43.8. The third-order valence-corrected chi connectivity index (χ3v) is 20.9. The van der Waals surface area contributed by atoms with Crippen LogP contribution < -0.4 is 5.73 Å². The number of allylic oxidation sites excluding steroid dienone is 10. The highest BCUT2D eigenvalue weighted by molar-refractivity contribution is 7.47. The zero-order valence-electron chi connectivity index (χ0n) is 66.0. The number of carbonyl (C=O) groups excluding carboxylic acids is 2. The van der Waals surface area contributed by atoms with Gasteiger partial charge in [0.15, 0.2) is 6.10 Å². The first-order valence-corrected chi connectivity index (χ1v) is 45.3. The fourth-order valence-electron chi connectivity index (χ4n) is 13.5. The van der Waals surface area contributed by atoms with Crippen molar-refractivity contribution >= 4 is 19.8 Å². The molecule has 2 atom stereocenters. The highest BCUT2D eigenvalue weighted by atomic mass is 31.2. The normalized spacial score (nSPS) is 13.1. The van der Waals surface area contributed by atoms with Gasteiger partial charge in [-0.05, 0) is 77.0 Å². The molecule has 0 spiro atoms. The molecular formula is C89H168NO8P. The molecule has 0 aliphatic rings. The molecule has 0 aromatic heterocycles. The van der Waals surface area contributed by atoms with Gasteiger partial charge in [-0.3, -0.25) is 18.6 Å². The lowest BCUT2D eigenvalue weighted by Crippen LogP contribution is -2.29. The molecule has 582 valence electrons. The minimum atomic E-state index is -4.40. The Labute approximate surface area is 616 Å². The predicted molar refractivity (Wildman–Crippen MR) is 432 cm³/mol. The van der Waals surface area contributed by atoms with Crippen LogP contribution in [0.1, 0.15) is 463 Å². The number of unbranched alkanes of at least 4 members (excludes halogenated alkanes) is 61. The largest absolute Gasteiger partial charge is 0.472 e. The topological polar surface area (TPSA) is 134 Å². The van der Waals surface area contributed by atoms with Crippen LogP contribution in [0.5, 0.6) is 0 Å². The summed E-state index contributed by atoms with van der Waals surface area (Å²) in [5.74, 6) is -0.799. The summed E-state index contributed by atoms with van der Waals surface area (Å²) in [6.07, 6.45) is 113. The maximum absolute atomic E-state index is 12.8. The first kappa shape index (κ1) is 96.7. The highest BCUT2D eigenvalue weighted by Gasteiger charge is 2.26. The summed E-state index contributed by atoms with van der Waals surface area (Å²) in [4.78, 5) is 35.5. The van der Waals surface area contributed by atoms with Crippen molar-refractivity contribution in [1.82, 2.24) is 0 Å². The molecule has 0 saturated heterocycles. The third-order valence-electron chi connectivity index (χ3n) is 19.9. The van der Waals surface area contributed by atoms with Gasteiger partial charge in [0, 0.05) is 19.4 Å². The Bertz CT molecular complexity index is 1810. The Hall–Kier alpha value is -2.29. The van der Waals surface area contributed by atoms with Crippen molar-refractivity contribution in [3.63, 3.8) is 0 Å². The molecule has 0 saturated carbocycles. The van der Waals surface area contributed by atoms with Crippen molar-refractivity contribution in [1.29, 1.82) is 0 Å². The van der Waals surface area contributed by atoms with Crippen LogP contribution in [0, 0.1) is 0 Å². The summed E-state index contributed by atoms with van der Waals surface area (Å²) in [6.45, 7) is 3.72. The lowest BCUT2D eigenvalue weighted by atomic mass is 10.0. The third kappa shape index (κ3) is 84.5. The summed E-state index contributed by atoms with van der Waals surface area (Å²) in [7, 11) is -4.40. The fraction of sp³-hybridized carbons (Fsp3) is 0.865. The van der Waals surface area contributed by atoms with E-state index in [1.54, 1.807) is 0 Å². The standard InChI is InChI=1S/C89H168NO8P/c1-3-5-7-9-11-13-15-17-19-21-23-25-27-29-31-33-35-37-39-41-42-43-44-46-48-50-52-54-56-58-60-62-64-66-68-70-72-74-76-78-80-82-89(92)98-87(86-97-99(93,94)96-84-83-90)85-95-88(91)81-79-77-75-73-71-69-67-65-63-61-59-57-55-53-51-49-47-45-40-38-36-34-32-30-28-26-24-22-20-18-16-14-12-10-8-6-4-2/h5,7,11,13,17,19,22-25,87H,3-4,6,8-10,12,14-16,18,20-21,26-86,90H2,1-2H3,(H,93,94)/b7-5-,13-11-,19-17-,24-22-,25-23-. The minimum absolute atomic E-state index is 0.0564. The average molecular weight is 1410 g/mol. The van der Waals surface area contributed by atoms with E-state index in [0.29, 0.717) is 6.42 Å². The van der Waals surface area contributed by atoms with Gasteiger partial charge in [0.05, 0.1) is 13.2 Å². The van der Waals surface area contributed by atoms with Crippen LogP contribution in [-0.2, 0) is 32.7 Å². The molecule has 10 heteroatoms. The summed E-state index contributed by atoms with van der Waals surface area (Å²) in [6, 6.07) is 0. The molecular weight excluding hydrogens is 1240 g/mol. The molecule has 0 radical (unpaired) electrons. The summed E-state index contributed by atoms with van der Waals surface area (Å²) < 4.78 is 33.3. The van der Waals surface area contributed by atoms with E-state index < -0.39 is 26.5 Å². The minimum Gasteiger partial charge on any atom is -0.462 e. The second-order valence-electron chi connectivity index (χ2n) is 29.7. The maximum Gasteiger partial charge on any atom is 0.472 e. The van der Waals surface area contributed by atoms with E-state index in [1.165, 1.54) is 372 Å². The summed E-state index contributed by atoms with van der Waals surface area (Å²) in [5, 5.41) is 0. The molecule has 0 heterocycles. The van der Waals surface area contributed by atoms with Crippen LogP contribution in [0.4, 0.5) is 0 Å². The Balaban J connectivity index is 3.70. The van der Waals surface area contributed by atoms with Crippen LogP contribution in [0.25, 0.3) is 0 Å². The van der Waals surface area contributed by atoms with Gasteiger partial charge in [0.2, 0.25) is 0 Å². The average Bonchev–Trinajstić information content (AvgIpc) is 1.19. The van der Waals surface area contributed by atoms with E-state index in [4.69, 9.17) is 24.3 Å². The monoisotopic (exact) mass is 1410 g/mol. The van der Waals surface area contributed by atoms with E-state index >= 15 is 0 Å². The van der Waals surface area contributed by atoms with Crippen LogP contribution in [0.3, 0.4) is 0 Å². The first-order chi connectivity index (χ1) is 48.8. The van der Waals surface area contributed by atoms with Crippen molar-refractivity contribution in [3.05, 3.63) is 60.8 Å². The van der Waals surface area contributed by atoms with Gasteiger partial charge >= 0.3 is 19.8 Å². The number of hydrogen-bond acceptors (Lipinski definition) is 8. The molecule has 3 N–H and O–H groups in total. The van der Waals surface area contributed by atoms with E-state index in [0.717, 1.165) is 57.8 Å². The van der Waals surface area contributed by atoms with Crippen molar-refractivity contribution in [2.45, 2.75) is 469 Å². The number of nitrogens with two attached hydrogens (primary N) is 1. The molecule has 0 aromatic carbocycles. The zero-order valence-corrected chi connectivity index (χ0v) is 66.9. The van der Waals surface area contributed by atoms with Gasteiger partial charge < -0.3 is 20.1 Å². The van der Waals surface area contributed by atoms with Gasteiger partial charge in [-0.15, -0.1) is 0 Å². The van der Waals surface area contributed by atoms with E-state index in [2.05, 4.69) is 74.6 Å². The number of ether oxygens (including phenoxy) is 2. The Morgan fingerprint density at radius 2 is 0.556 bits per heavy atom. The Kier molecular flexibility index (Phi) is 82.7. The molecule has 0 amide bonds. The predicted octanol–water partition coefficient (Wildman–Crippen LogP) is 29.7. The van der Waals surface area contributed by atoms with Crippen LogP contribution in [0.2, 0.25) is 0 Å². The Morgan fingerprint density at radius 3 is 0.838 bits per heavy atom. The van der Waals surface area contributed by atoms with Crippen molar-refractivity contribution in [2.75, 3.05) is 26.4 Å². The second kappa shape index (κ2) is 84.6.